The van der Waals surface area contributed by atoms with E-state index in [1.54, 1.807) is 24.3 Å². The Morgan fingerprint density at radius 3 is 2.57 bits per heavy atom. The van der Waals surface area contributed by atoms with Crippen LogP contribution in [0.2, 0.25) is 0 Å². The zero-order valence-electron chi connectivity index (χ0n) is 15.1. The number of aromatic nitrogens is 2. The van der Waals surface area contributed by atoms with E-state index in [1.807, 2.05) is 30.3 Å². The summed E-state index contributed by atoms with van der Waals surface area (Å²) in [6, 6.07) is 15.7. The number of esters is 1. The zero-order valence-corrected chi connectivity index (χ0v) is 15.1. The molecular formula is C20H17N5O3. The summed E-state index contributed by atoms with van der Waals surface area (Å²) >= 11 is 0. The molecular weight excluding hydrogens is 358 g/mol. The normalized spacial score (nSPS) is 10.1. The van der Waals surface area contributed by atoms with Gasteiger partial charge in [0.25, 0.3) is 5.91 Å². The number of carbonyl (C=O) groups excluding carboxylic acids is 2. The molecule has 140 valence electrons. The van der Waals surface area contributed by atoms with Crippen molar-refractivity contribution in [3.63, 3.8) is 0 Å². The number of ether oxygens (including phenoxy) is 1. The molecule has 0 bridgehead atoms. The minimum atomic E-state index is -0.418. The summed E-state index contributed by atoms with van der Waals surface area (Å²) in [5.74, 6) is 0.162. The topological polar surface area (TPSA) is 117 Å². The number of nitrogens with one attached hydrogen (secondary N) is 2. The summed E-state index contributed by atoms with van der Waals surface area (Å²) in [5, 5.41) is 15.3. The number of hydrogen-bond donors (Lipinski definition) is 2. The first-order chi connectivity index (χ1) is 13.6. The highest BCUT2D eigenvalue weighted by molar-refractivity contribution is 5.94. The first kappa shape index (κ1) is 18.8. The van der Waals surface area contributed by atoms with E-state index in [0.29, 0.717) is 28.3 Å². The lowest BCUT2D eigenvalue weighted by Gasteiger charge is -2.11. The smallest absolute Gasteiger partial charge is 0.325 e. The molecule has 3 rings (SSSR count). The molecule has 0 spiro atoms. The number of carbonyl (C=O) groups is 2. The maximum Gasteiger partial charge on any atom is 0.325 e. The summed E-state index contributed by atoms with van der Waals surface area (Å²) in [5.41, 5.74) is 1.60. The number of nitriles is 1. The van der Waals surface area contributed by atoms with Gasteiger partial charge in [-0.05, 0) is 36.4 Å². The van der Waals surface area contributed by atoms with Gasteiger partial charge >= 0.3 is 5.97 Å². The van der Waals surface area contributed by atoms with Crippen LogP contribution in [-0.4, -0.2) is 35.5 Å². The summed E-state index contributed by atoms with van der Waals surface area (Å²) < 4.78 is 4.64. The molecule has 2 aromatic carbocycles. The van der Waals surface area contributed by atoms with Gasteiger partial charge in [-0.1, -0.05) is 12.1 Å². The molecule has 3 aromatic rings. The van der Waals surface area contributed by atoms with Crippen LogP contribution in [0.5, 0.6) is 0 Å². The lowest BCUT2D eigenvalue weighted by molar-refractivity contribution is -0.138. The fourth-order valence-corrected chi connectivity index (χ4v) is 2.52. The van der Waals surface area contributed by atoms with Gasteiger partial charge in [0.05, 0.1) is 30.8 Å². The van der Waals surface area contributed by atoms with Gasteiger partial charge in [-0.15, -0.1) is 0 Å². The predicted octanol–water partition coefficient (Wildman–Crippen LogP) is 2.02. The Kier molecular flexibility index (Phi) is 5.77. The molecule has 0 radical (unpaired) electrons. The number of methoxy groups -OCH3 is 1. The fraction of sp³-hybridized carbons (Fsp3) is 0.150. The van der Waals surface area contributed by atoms with Crippen molar-refractivity contribution in [1.82, 2.24) is 15.3 Å². The van der Waals surface area contributed by atoms with Crippen molar-refractivity contribution in [2.45, 2.75) is 6.54 Å². The molecule has 8 heteroatoms. The average molecular weight is 375 g/mol. The Bertz CT molecular complexity index is 1060. The number of anilines is 1. The molecule has 0 unspecified atom stereocenters. The summed E-state index contributed by atoms with van der Waals surface area (Å²) in [7, 11) is 1.31. The number of fused-ring (bicyclic) bond motifs is 1. The Labute approximate surface area is 161 Å². The van der Waals surface area contributed by atoms with Gasteiger partial charge in [-0.2, -0.15) is 5.26 Å². The summed E-state index contributed by atoms with van der Waals surface area (Å²) in [6.07, 6.45) is 0. The second kappa shape index (κ2) is 8.60. The van der Waals surface area contributed by atoms with Crippen LogP contribution < -0.4 is 10.6 Å². The van der Waals surface area contributed by atoms with E-state index in [4.69, 9.17) is 5.26 Å². The third kappa shape index (κ3) is 4.40. The van der Waals surface area contributed by atoms with E-state index < -0.39 is 5.97 Å². The van der Waals surface area contributed by atoms with E-state index in [-0.39, 0.29) is 19.0 Å². The maximum atomic E-state index is 12.3. The number of hydrogen-bond acceptors (Lipinski definition) is 7. The van der Waals surface area contributed by atoms with E-state index in [9.17, 15) is 9.59 Å². The van der Waals surface area contributed by atoms with Crippen molar-refractivity contribution in [3.8, 4) is 6.07 Å². The Morgan fingerprint density at radius 1 is 1.11 bits per heavy atom. The van der Waals surface area contributed by atoms with Crippen LogP contribution in [0.3, 0.4) is 0 Å². The standard InChI is InChI=1S/C20H17N5O3/c1-28-18(26)12-22-19-15-4-2-3-5-16(15)24-17(25-19)11-23-20(27)14-8-6-13(10-21)7-9-14/h2-9H,11-12H2,1H3,(H,23,27)(H,22,24,25). The third-order valence-electron chi connectivity index (χ3n) is 3.96. The van der Waals surface area contributed by atoms with Crippen molar-refractivity contribution in [2.75, 3.05) is 19.0 Å². The van der Waals surface area contributed by atoms with Gasteiger partial charge in [0.1, 0.15) is 12.4 Å². The molecule has 0 aliphatic rings. The first-order valence-electron chi connectivity index (χ1n) is 8.45. The van der Waals surface area contributed by atoms with Crippen molar-refractivity contribution in [1.29, 1.82) is 5.26 Å². The number of para-hydroxylation sites is 1. The quantitative estimate of drug-likeness (QED) is 0.633. The summed E-state index contributed by atoms with van der Waals surface area (Å²) in [4.78, 5) is 32.6. The fourth-order valence-electron chi connectivity index (χ4n) is 2.52. The van der Waals surface area contributed by atoms with Crippen LogP contribution in [0.25, 0.3) is 10.9 Å². The minimum absolute atomic E-state index is 0.0332. The Morgan fingerprint density at radius 2 is 1.86 bits per heavy atom. The van der Waals surface area contributed by atoms with E-state index in [2.05, 4.69) is 25.3 Å². The number of nitrogens with zero attached hydrogens (tertiary/aromatic N) is 3. The van der Waals surface area contributed by atoms with Crippen molar-refractivity contribution in [3.05, 3.63) is 65.5 Å². The average Bonchev–Trinajstić information content (AvgIpc) is 2.75. The first-order valence-corrected chi connectivity index (χ1v) is 8.45. The second-order valence-corrected chi connectivity index (χ2v) is 5.81. The molecule has 0 atom stereocenters. The van der Waals surface area contributed by atoms with Crippen molar-refractivity contribution < 1.29 is 14.3 Å². The van der Waals surface area contributed by atoms with Gasteiger partial charge in [0.2, 0.25) is 0 Å². The zero-order chi connectivity index (χ0) is 19.9. The lowest BCUT2D eigenvalue weighted by atomic mass is 10.1. The molecule has 1 amide bonds. The van der Waals surface area contributed by atoms with E-state index >= 15 is 0 Å². The molecule has 8 nitrogen and oxygen atoms in total. The summed E-state index contributed by atoms with van der Waals surface area (Å²) in [6.45, 7) is 0.0745. The maximum absolute atomic E-state index is 12.3. The van der Waals surface area contributed by atoms with Crippen LogP contribution in [0.1, 0.15) is 21.7 Å². The van der Waals surface area contributed by atoms with Crippen LogP contribution in [0.4, 0.5) is 5.82 Å². The highest BCUT2D eigenvalue weighted by atomic mass is 16.5. The third-order valence-corrected chi connectivity index (χ3v) is 3.96. The molecule has 0 saturated heterocycles. The van der Waals surface area contributed by atoms with Gasteiger partial charge in [-0.3, -0.25) is 9.59 Å². The molecule has 0 fully saturated rings. The minimum Gasteiger partial charge on any atom is -0.468 e. The van der Waals surface area contributed by atoms with Gasteiger partial charge in [-0.25, -0.2) is 9.97 Å². The van der Waals surface area contributed by atoms with E-state index in [0.717, 1.165) is 5.39 Å². The van der Waals surface area contributed by atoms with Crippen LogP contribution in [0, 0.1) is 11.3 Å². The van der Waals surface area contributed by atoms with Crippen LogP contribution >= 0.6 is 0 Å². The molecule has 0 aliphatic carbocycles. The van der Waals surface area contributed by atoms with Gasteiger partial charge < -0.3 is 15.4 Å². The molecule has 2 N–H and O–H groups in total. The van der Waals surface area contributed by atoms with Crippen LogP contribution in [0.15, 0.2) is 48.5 Å². The second-order valence-electron chi connectivity index (χ2n) is 5.81. The largest absolute Gasteiger partial charge is 0.468 e. The Balaban J connectivity index is 1.77. The van der Waals surface area contributed by atoms with Gasteiger partial charge in [0, 0.05) is 10.9 Å². The molecule has 0 saturated carbocycles. The highest BCUT2D eigenvalue weighted by Gasteiger charge is 2.11. The number of benzene rings is 2. The predicted molar refractivity (Wildman–Crippen MR) is 102 cm³/mol. The molecule has 28 heavy (non-hydrogen) atoms. The van der Waals surface area contributed by atoms with E-state index in [1.165, 1.54) is 7.11 Å². The molecule has 1 aromatic heterocycles. The number of rotatable bonds is 6. The monoisotopic (exact) mass is 375 g/mol. The highest BCUT2D eigenvalue weighted by Crippen LogP contribution is 2.20. The Hall–Kier alpha value is -3.99. The van der Waals surface area contributed by atoms with Crippen molar-refractivity contribution in [2.24, 2.45) is 0 Å². The lowest BCUT2D eigenvalue weighted by Crippen LogP contribution is -2.24. The van der Waals surface area contributed by atoms with Gasteiger partial charge in [0.15, 0.2) is 5.82 Å². The van der Waals surface area contributed by atoms with Crippen molar-refractivity contribution >= 4 is 28.6 Å². The molecule has 0 aliphatic heterocycles. The van der Waals surface area contributed by atoms with Crippen LogP contribution in [-0.2, 0) is 16.1 Å². The number of amides is 1. The SMILES string of the molecule is COC(=O)CNc1nc(CNC(=O)c2ccc(C#N)cc2)nc2ccccc12. The molecule has 1 heterocycles.